The standard InChI is InChI=1S/C12H11Cl2FN2O3/c1-2-3-17(6-10(18)19)12(20)16-7-4-8(13)11(15)9(14)5-7/h2,4-5H,1,3,6H2,(H,16,20)(H,18,19). The number of carboxylic acids is 1. The summed E-state index contributed by atoms with van der Waals surface area (Å²) in [7, 11) is 0. The molecule has 108 valence electrons. The van der Waals surface area contributed by atoms with Crippen molar-refractivity contribution in [3.05, 3.63) is 40.7 Å². The van der Waals surface area contributed by atoms with Gasteiger partial charge in [0, 0.05) is 12.2 Å². The average Bonchev–Trinajstić information content (AvgIpc) is 2.34. The molecule has 0 saturated carbocycles. The molecule has 1 aromatic carbocycles. The molecular formula is C12H11Cl2FN2O3. The van der Waals surface area contributed by atoms with E-state index < -0.39 is 24.4 Å². The van der Waals surface area contributed by atoms with Gasteiger partial charge in [-0.1, -0.05) is 29.3 Å². The van der Waals surface area contributed by atoms with E-state index in [1.807, 2.05) is 0 Å². The number of hydrogen-bond acceptors (Lipinski definition) is 2. The number of halogens is 3. The molecule has 5 nitrogen and oxygen atoms in total. The average molecular weight is 321 g/mol. The van der Waals surface area contributed by atoms with Gasteiger partial charge in [-0.05, 0) is 12.1 Å². The summed E-state index contributed by atoms with van der Waals surface area (Å²) >= 11 is 11.2. The molecule has 0 aromatic heterocycles. The van der Waals surface area contributed by atoms with Crippen LogP contribution in [0.2, 0.25) is 10.0 Å². The van der Waals surface area contributed by atoms with Gasteiger partial charge >= 0.3 is 12.0 Å². The summed E-state index contributed by atoms with van der Waals surface area (Å²) in [5, 5.41) is 10.6. The van der Waals surface area contributed by atoms with Crippen molar-refractivity contribution in [2.75, 3.05) is 18.4 Å². The summed E-state index contributed by atoms with van der Waals surface area (Å²) in [4.78, 5) is 23.5. The minimum atomic E-state index is -1.17. The van der Waals surface area contributed by atoms with Crippen LogP contribution in [-0.4, -0.2) is 35.1 Å². The zero-order chi connectivity index (χ0) is 15.3. The Morgan fingerprint density at radius 2 is 1.95 bits per heavy atom. The van der Waals surface area contributed by atoms with Crippen molar-refractivity contribution in [3.8, 4) is 0 Å². The van der Waals surface area contributed by atoms with Crippen molar-refractivity contribution in [2.24, 2.45) is 0 Å². The number of anilines is 1. The molecule has 0 fully saturated rings. The molecule has 0 heterocycles. The smallest absolute Gasteiger partial charge is 0.323 e. The lowest BCUT2D eigenvalue weighted by molar-refractivity contribution is -0.137. The molecule has 0 bridgehead atoms. The van der Waals surface area contributed by atoms with Gasteiger partial charge in [-0.2, -0.15) is 0 Å². The number of hydrogen-bond donors (Lipinski definition) is 2. The lowest BCUT2D eigenvalue weighted by Crippen LogP contribution is -2.38. The number of benzene rings is 1. The highest BCUT2D eigenvalue weighted by Crippen LogP contribution is 2.27. The number of nitrogens with zero attached hydrogens (tertiary/aromatic N) is 1. The van der Waals surface area contributed by atoms with Crippen molar-refractivity contribution < 1.29 is 19.1 Å². The summed E-state index contributed by atoms with van der Waals surface area (Å²) in [6, 6.07) is 1.66. The second-order valence-corrected chi connectivity index (χ2v) is 4.56. The molecule has 0 saturated heterocycles. The monoisotopic (exact) mass is 320 g/mol. The van der Waals surface area contributed by atoms with Gasteiger partial charge < -0.3 is 15.3 Å². The lowest BCUT2D eigenvalue weighted by atomic mass is 10.3. The zero-order valence-electron chi connectivity index (χ0n) is 10.2. The molecule has 0 atom stereocenters. The maximum atomic E-state index is 13.2. The maximum absolute atomic E-state index is 13.2. The number of carbonyl (C=O) groups excluding carboxylic acids is 1. The molecule has 2 N–H and O–H groups in total. The number of urea groups is 1. The largest absolute Gasteiger partial charge is 0.480 e. The van der Waals surface area contributed by atoms with Gasteiger partial charge in [0.25, 0.3) is 0 Å². The Hall–Kier alpha value is -1.79. The fraction of sp³-hybridized carbons (Fsp3) is 0.167. The van der Waals surface area contributed by atoms with E-state index in [0.29, 0.717) is 0 Å². The Balaban J connectivity index is 2.87. The van der Waals surface area contributed by atoms with Gasteiger partial charge in [0.2, 0.25) is 0 Å². The molecule has 0 unspecified atom stereocenters. The Morgan fingerprint density at radius 1 is 1.40 bits per heavy atom. The summed E-state index contributed by atoms with van der Waals surface area (Å²) in [5.74, 6) is -1.96. The molecule has 2 amide bonds. The highest BCUT2D eigenvalue weighted by Gasteiger charge is 2.16. The van der Waals surface area contributed by atoms with Crippen LogP contribution in [0.4, 0.5) is 14.9 Å². The third-order valence-corrected chi connectivity index (χ3v) is 2.75. The van der Waals surface area contributed by atoms with Crippen LogP contribution in [0.15, 0.2) is 24.8 Å². The quantitative estimate of drug-likeness (QED) is 0.646. The van der Waals surface area contributed by atoms with Crippen LogP contribution in [0, 0.1) is 5.82 Å². The van der Waals surface area contributed by atoms with Crippen LogP contribution in [-0.2, 0) is 4.79 Å². The number of nitrogens with one attached hydrogen (secondary N) is 1. The van der Waals surface area contributed by atoms with Gasteiger partial charge in [0.05, 0.1) is 10.0 Å². The Morgan fingerprint density at radius 3 is 2.40 bits per heavy atom. The summed E-state index contributed by atoms with van der Waals surface area (Å²) in [5.41, 5.74) is 0.158. The maximum Gasteiger partial charge on any atom is 0.323 e. The van der Waals surface area contributed by atoms with Gasteiger partial charge in [0.15, 0.2) is 5.82 Å². The Kier molecular flexibility index (Phi) is 5.79. The van der Waals surface area contributed by atoms with Crippen LogP contribution in [0.1, 0.15) is 0 Å². The molecule has 8 heteroatoms. The number of carbonyl (C=O) groups is 2. The second kappa shape index (κ2) is 7.12. The van der Waals surface area contributed by atoms with Crippen LogP contribution in [0.5, 0.6) is 0 Å². The topological polar surface area (TPSA) is 69.6 Å². The van der Waals surface area contributed by atoms with Crippen molar-refractivity contribution in [3.63, 3.8) is 0 Å². The molecule has 1 rings (SSSR count). The van der Waals surface area contributed by atoms with Gasteiger partial charge in [-0.3, -0.25) is 4.79 Å². The minimum Gasteiger partial charge on any atom is -0.480 e. The van der Waals surface area contributed by atoms with Crippen molar-refractivity contribution in [2.45, 2.75) is 0 Å². The van der Waals surface area contributed by atoms with E-state index >= 15 is 0 Å². The van der Waals surface area contributed by atoms with Crippen LogP contribution < -0.4 is 5.32 Å². The second-order valence-electron chi connectivity index (χ2n) is 3.75. The SMILES string of the molecule is C=CCN(CC(=O)O)C(=O)Nc1cc(Cl)c(F)c(Cl)c1. The van der Waals surface area contributed by atoms with Gasteiger partial charge in [-0.25, -0.2) is 9.18 Å². The van der Waals surface area contributed by atoms with E-state index in [0.717, 1.165) is 4.90 Å². The van der Waals surface area contributed by atoms with Crippen molar-refractivity contribution in [1.82, 2.24) is 4.90 Å². The first-order valence-electron chi connectivity index (χ1n) is 5.38. The first-order valence-corrected chi connectivity index (χ1v) is 6.14. The van der Waals surface area contributed by atoms with Crippen LogP contribution in [0.25, 0.3) is 0 Å². The molecule has 0 aliphatic rings. The van der Waals surface area contributed by atoms with Crippen molar-refractivity contribution >= 4 is 40.9 Å². The fourth-order valence-electron chi connectivity index (χ4n) is 1.37. The third kappa shape index (κ3) is 4.40. The zero-order valence-corrected chi connectivity index (χ0v) is 11.7. The van der Waals surface area contributed by atoms with E-state index in [2.05, 4.69) is 11.9 Å². The summed E-state index contributed by atoms with van der Waals surface area (Å²) in [6.07, 6.45) is 1.38. The van der Waals surface area contributed by atoms with Crippen molar-refractivity contribution in [1.29, 1.82) is 0 Å². The molecule has 0 aliphatic carbocycles. The molecule has 20 heavy (non-hydrogen) atoms. The Labute approximate surface area is 124 Å². The Bertz CT molecular complexity index is 528. The van der Waals surface area contributed by atoms with Crippen LogP contribution >= 0.6 is 23.2 Å². The van der Waals surface area contributed by atoms with E-state index in [1.165, 1.54) is 18.2 Å². The fourth-order valence-corrected chi connectivity index (χ4v) is 1.86. The minimum absolute atomic E-state index is 0.0425. The molecule has 1 aromatic rings. The highest BCUT2D eigenvalue weighted by molar-refractivity contribution is 6.35. The number of carboxylic acid groups (broad SMARTS) is 1. The van der Waals surface area contributed by atoms with E-state index in [4.69, 9.17) is 28.3 Å². The van der Waals surface area contributed by atoms with Gasteiger partial charge in [0.1, 0.15) is 6.54 Å². The number of rotatable bonds is 5. The third-order valence-electron chi connectivity index (χ3n) is 2.20. The normalized spacial score (nSPS) is 9.95. The molecular weight excluding hydrogens is 310 g/mol. The number of aliphatic carboxylic acids is 1. The molecule has 0 spiro atoms. The molecule has 0 radical (unpaired) electrons. The first-order chi connectivity index (χ1) is 9.35. The lowest BCUT2D eigenvalue weighted by Gasteiger charge is -2.19. The predicted molar refractivity (Wildman–Crippen MR) is 74.8 cm³/mol. The number of amides is 2. The predicted octanol–water partition coefficient (Wildman–Crippen LogP) is 3.24. The summed E-state index contributed by atoms with van der Waals surface area (Å²) in [6.45, 7) is 2.97. The molecule has 0 aliphatic heterocycles. The first kappa shape index (κ1) is 16.3. The van der Waals surface area contributed by atoms with E-state index in [-0.39, 0.29) is 22.3 Å². The summed E-state index contributed by atoms with van der Waals surface area (Å²) < 4.78 is 13.2. The van der Waals surface area contributed by atoms with E-state index in [9.17, 15) is 14.0 Å². The van der Waals surface area contributed by atoms with Crippen LogP contribution in [0.3, 0.4) is 0 Å². The highest BCUT2D eigenvalue weighted by atomic mass is 35.5. The van der Waals surface area contributed by atoms with E-state index in [1.54, 1.807) is 0 Å². The van der Waals surface area contributed by atoms with Gasteiger partial charge in [-0.15, -0.1) is 6.58 Å².